The van der Waals surface area contributed by atoms with Crippen LogP contribution in [0.25, 0.3) is 0 Å². The summed E-state index contributed by atoms with van der Waals surface area (Å²) in [6.45, 7) is 1.75. The Bertz CT molecular complexity index is 752. The van der Waals surface area contributed by atoms with Gasteiger partial charge < -0.3 is 20.2 Å². The quantitative estimate of drug-likeness (QED) is 0.636. The SMILES string of the molecule is O=C(CCNC1CCC(O)CC1)N1CCC(=NOCc2cccc(C(F)(F)F)c2)CC1. The predicted octanol–water partition coefficient (Wildman–Crippen LogP) is 3.48. The van der Waals surface area contributed by atoms with E-state index in [9.17, 15) is 23.1 Å². The van der Waals surface area contributed by atoms with Crippen LogP contribution in [0.3, 0.4) is 0 Å². The Balaban J connectivity index is 1.34. The van der Waals surface area contributed by atoms with Gasteiger partial charge in [0.15, 0.2) is 0 Å². The molecule has 1 heterocycles. The van der Waals surface area contributed by atoms with Crippen LogP contribution >= 0.6 is 0 Å². The van der Waals surface area contributed by atoms with Gasteiger partial charge >= 0.3 is 6.18 Å². The number of amides is 1. The summed E-state index contributed by atoms with van der Waals surface area (Å²) in [5, 5.41) is 17.0. The van der Waals surface area contributed by atoms with Crippen LogP contribution in [0.1, 0.15) is 56.1 Å². The fraction of sp³-hybridized carbons (Fsp3) is 0.636. The van der Waals surface area contributed by atoms with Gasteiger partial charge in [-0.2, -0.15) is 13.2 Å². The molecule has 6 nitrogen and oxygen atoms in total. The lowest BCUT2D eigenvalue weighted by atomic mass is 9.93. The highest BCUT2D eigenvalue weighted by Crippen LogP contribution is 2.29. The first-order chi connectivity index (χ1) is 14.8. The number of piperidine rings is 1. The molecule has 2 fully saturated rings. The molecule has 0 atom stereocenters. The second kappa shape index (κ2) is 10.9. The molecule has 3 rings (SSSR count). The third-order valence-corrected chi connectivity index (χ3v) is 5.84. The summed E-state index contributed by atoms with van der Waals surface area (Å²) in [5.74, 6) is 0.104. The topological polar surface area (TPSA) is 74.2 Å². The molecular weight excluding hydrogens is 411 g/mol. The molecule has 172 valence electrons. The first-order valence-electron chi connectivity index (χ1n) is 10.8. The molecule has 0 bridgehead atoms. The second-order valence-electron chi connectivity index (χ2n) is 8.22. The van der Waals surface area contributed by atoms with E-state index in [0.29, 0.717) is 50.5 Å². The molecule has 0 aromatic heterocycles. The van der Waals surface area contributed by atoms with Gasteiger partial charge in [0.1, 0.15) is 6.61 Å². The molecule has 2 aliphatic rings. The maximum absolute atomic E-state index is 12.8. The van der Waals surface area contributed by atoms with Crippen LogP contribution < -0.4 is 5.32 Å². The van der Waals surface area contributed by atoms with Crippen molar-refractivity contribution in [2.45, 2.75) is 69.9 Å². The lowest BCUT2D eigenvalue weighted by molar-refractivity contribution is -0.137. The van der Waals surface area contributed by atoms with Crippen molar-refractivity contribution in [3.63, 3.8) is 0 Å². The standard InChI is InChI=1S/C22H30F3N3O3/c23-22(24,25)17-3-1-2-16(14-17)15-31-27-19-9-12-28(13-10-19)21(30)8-11-26-18-4-6-20(29)7-5-18/h1-3,14,18,20,26,29H,4-13,15H2. The van der Waals surface area contributed by atoms with Crippen LogP contribution in [-0.4, -0.2) is 53.4 Å². The molecule has 1 aliphatic heterocycles. The molecule has 1 aliphatic carbocycles. The summed E-state index contributed by atoms with van der Waals surface area (Å²) in [6.07, 6.45) is 0.597. The van der Waals surface area contributed by atoms with Crippen molar-refractivity contribution in [1.82, 2.24) is 10.2 Å². The number of benzene rings is 1. The smallest absolute Gasteiger partial charge is 0.393 e. The summed E-state index contributed by atoms with van der Waals surface area (Å²) in [7, 11) is 0. The zero-order valence-electron chi connectivity index (χ0n) is 17.5. The Labute approximate surface area is 180 Å². The van der Waals surface area contributed by atoms with Gasteiger partial charge in [0.2, 0.25) is 5.91 Å². The Morgan fingerprint density at radius 3 is 2.58 bits per heavy atom. The molecule has 9 heteroatoms. The number of hydrogen-bond acceptors (Lipinski definition) is 5. The summed E-state index contributed by atoms with van der Waals surface area (Å²) in [6, 6.07) is 5.39. The number of nitrogens with one attached hydrogen (secondary N) is 1. The molecule has 1 aromatic carbocycles. The number of aliphatic hydroxyl groups is 1. The van der Waals surface area contributed by atoms with Gasteiger partial charge in [-0.05, 0) is 43.4 Å². The number of alkyl halides is 3. The lowest BCUT2D eigenvalue weighted by Crippen LogP contribution is -2.41. The number of carbonyl (C=O) groups is 1. The van der Waals surface area contributed by atoms with Gasteiger partial charge in [0.05, 0.1) is 17.4 Å². The van der Waals surface area contributed by atoms with E-state index < -0.39 is 11.7 Å². The number of hydrogen-bond donors (Lipinski definition) is 2. The van der Waals surface area contributed by atoms with E-state index >= 15 is 0 Å². The van der Waals surface area contributed by atoms with Crippen molar-refractivity contribution in [1.29, 1.82) is 0 Å². The van der Waals surface area contributed by atoms with Crippen molar-refractivity contribution in [2.75, 3.05) is 19.6 Å². The van der Waals surface area contributed by atoms with E-state index in [1.807, 2.05) is 4.90 Å². The summed E-state index contributed by atoms with van der Waals surface area (Å²) in [4.78, 5) is 19.5. The third-order valence-electron chi connectivity index (χ3n) is 5.84. The van der Waals surface area contributed by atoms with Crippen LogP contribution in [0.2, 0.25) is 0 Å². The molecule has 1 saturated carbocycles. The van der Waals surface area contributed by atoms with E-state index in [4.69, 9.17) is 4.84 Å². The van der Waals surface area contributed by atoms with Crippen molar-refractivity contribution >= 4 is 11.6 Å². The van der Waals surface area contributed by atoms with Gasteiger partial charge in [0.25, 0.3) is 0 Å². The number of oxime groups is 1. The monoisotopic (exact) mass is 441 g/mol. The van der Waals surface area contributed by atoms with Crippen LogP contribution in [0, 0.1) is 0 Å². The van der Waals surface area contributed by atoms with Crippen LogP contribution in [-0.2, 0) is 22.4 Å². The summed E-state index contributed by atoms with van der Waals surface area (Å²) < 4.78 is 38.3. The first kappa shape index (κ1) is 23.5. The minimum Gasteiger partial charge on any atom is -0.393 e. The van der Waals surface area contributed by atoms with E-state index in [-0.39, 0.29) is 18.6 Å². The number of nitrogens with zero attached hydrogens (tertiary/aromatic N) is 2. The summed E-state index contributed by atoms with van der Waals surface area (Å²) in [5.41, 5.74) is 0.519. The molecule has 0 unspecified atom stereocenters. The minimum absolute atomic E-state index is 0.0278. The molecule has 0 spiro atoms. The Morgan fingerprint density at radius 1 is 1.19 bits per heavy atom. The molecule has 1 amide bonds. The first-order valence-corrected chi connectivity index (χ1v) is 10.8. The lowest BCUT2D eigenvalue weighted by Gasteiger charge is -2.29. The number of aliphatic hydroxyl groups excluding tert-OH is 1. The van der Waals surface area contributed by atoms with Gasteiger partial charge in [0, 0.05) is 44.9 Å². The fourth-order valence-electron chi connectivity index (χ4n) is 3.96. The number of likely N-dealkylation sites (tertiary alicyclic amines) is 1. The van der Waals surface area contributed by atoms with Gasteiger partial charge in [-0.25, -0.2) is 0 Å². The van der Waals surface area contributed by atoms with E-state index in [2.05, 4.69) is 10.5 Å². The average molecular weight is 441 g/mol. The number of halogens is 3. The van der Waals surface area contributed by atoms with E-state index in [1.165, 1.54) is 6.07 Å². The highest BCUT2D eigenvalue weighted by molar-refractivity contribution is 5.87. The number of carbonyl (C=O) groups excluding carboxylic acids is 1. The Morgan fingerprint density at radius 2 is 1.90 bits per heavy atom. The maximum atomic E-state index is 12.8. The molecular formula is C22H30F3N3O3. The fourth-order valence-corrected chi connectivity index (χ4v) is 3.96. The summed E-state index contributed by atoms with van der Waals surface area (Å²) >= 11 is 0. The van der Waals surface area contributed by atoms with Crippen LogP contribution in [0.5, 0.6) is 0 Å². The van der Waals surface area contributed by atoms with Gasteiger partial charge in [-0.1, -0.05) is 17.3 Å². The predicted molar refractivity (Wildman–Crippen MR) is 110 cm³/mol. The van der Waals surface area contributed by atoms with Crippen molar-refractivity contribution < 1.29 is 27.9 Å². The van der Waals surface area contributed by atoms with E-state index in [1.54, 1.807) is 6.07 Å². The van der Waals surface area contributed by atoms with Crippen LogP contribution in [0.4, 0.5) is 13.2 Å². The highest BCUT2D eigenvalue weighted by atomic mass is 19.4. The zero-order chi connectivity index (χ0) is 22.3. The minimum atomic E-state index is -4.38. The van der Waals surface area contributed by atoms with Crippen LogP contribution in [0.15, 0.2) is 29.4 Å². The Hall–Kier alpha value is -2.13. The third kappa shape index (κ3) is 7.50. The van der Waals surface area contributed by atoms with E-state index in [0.717, 1.165) is 43.5 Å². The maximum Gasteiger partial charge on any atom is 0.416 e. The van der Waals surface area contributed by atoms with Crippen molar-refractivity contribution in [3.05, 3.63) is 35.4 Å². The zero-order valence-corrected chi connectivity index (χ0v) is 17.5. The highest BCUT2D eigenvalue weighted by Gasteiger charge is 2.30. The van der Waals surface area contributed by atoms with Gasteiger partial charge in [-0.3, -0.25) is 4.79 Å². The number of rotatable bonds is 7. The average Bonchev–Trinajstić information content (AvgIpc) is 2.75. The van der Waals surface area contributed by atoms with Crippen molar-refractivity contribution in [2.24, 2.45) is 5.16 Å². The molecule has 2 N–H and O–H groups in total. The van der Waals surface area contributed by atoms with Crippen molar-refractivity contribution in [3.8, 4) is 0 Å². The largest absolute Gasteiger partial charge is 0.416 e. The molecule has 1 saturated heterocycles. The Kier molecular flexibility index (Phi) is 8.31. The molecule has 31 heavy (non-hydrogen) atoms. The normalized spacial score (nSPS) is 22.3. The second-order valence-corrected chi connectivity index (χ2v) is 8.22. The molecule has 1 aromatic rings. The molecule has 0 radical (unpaired) electrons. The van der Waals surface area contributed by atoms with Gasteiger partial charge in [-0.15, -0.1) is 0 Å².